The molecule has 0 aliphatic heterocycles. The molecule has 0 spiro atoms. The van der Waals surface area contributed by atoms with Crippen molar-refractivity contribution >= 4 is 39.6 Å². The Hall–Kier alpha value is -4.22. The highest BCUT2D eigenvalue weighted by molar-refractivity contribution is 6.06. The molecule has 2 heterocycles. The van der Waals surface area contributed by atoms with Crippen LogP contribution in [0.3, 0.4) is 0 Å². The van der Waals surface area contributed by atoms with Crippen LogP contribution in [0, 0.1) is 0 Å². The number of hydrogen-bond acceptors (Lipinski definition) is 9. The summed E-state index contributed by atoms with van der Waals surface area (Å²) in [6, 6.07) is 15.4. The lowest BCUT2D eigenvalue weighted by atomic mass is 10.1. The number of likely N-dealkylation sites (N-methyl/N-ethyl adjacent to an activating group) is 1. The third kappa shape index (κ3) is 7.99. The fourth-order valence-corrected chi connectivity index (χ4v) is 5.14. The zero-order valence-electron chi connectivity index (χ0n) is 25.5. The molecule has 0 aliphatic rings. The standard InChI is InChI=1S/C32H42N6O5/c1-5-36(6-2)21-28(39)37(20-23-11-9-12-24(19-23)43-22-29(40)42-4)16-10-17-38-27(15-18-41-3)35-30-31(38)25-13-7-8-14-26(25)34-32(30)33/h7-9,11-14,19H,5-6,10,15-18,20-22H2,1-4H3,(H2,33,34). The predicted molar refractivity (Wildman–Crippen MR) is 167 cm³/mol. The second-order valence-electron chi connectivity index (χ2n) is 10.3. The normalized spacial score (nSPS) is 11.4. The van der Waals surface area contributed by atoms with Crippen LogP contribution in [0.25, 0.3) is 21.9 Å². The summed E-state index contributed by atoms with van der Waals surface area (Å²) in [5, 5.41) is 0.987. The summed E-state index contributed by atoms with van der Waals surface area (Å²) in [6.45, 7) is 7.97. The minimum Gasteiger partial charge on any atom is -0.482 e. The topological polar surface area (TPSA) is 125 Å². The van der Waals surface area contributed by atoms with Gasteiger partial charge in [0.1, 0.15) is 17.1 Å². The number of amides is 1. The Labute approximate surface area is 252 Å². The maximum atomic E-state index is 13.6. The largest absolute Gasteiger partial charge is 0.482 e. The minimum absolute atomic E-state index is 0.0542. The van der Waals surface area contributed by atoms with Gasteiger partial charge in [-0.15, -0.1) is 0 Å². The number of methoxy groups -OCH3 is 2. The monoisotopic (exact) mass is 590 g/mol. The number of pyridine rings is 1. The van der Waals surface area contributed by atoms with E-state index in [9.17, 15) is 9.59 Å². The predicted octanol–water partition coefficient (Wildman–Crippen LogP) is 3.67. The highest BCUT2D eigenvalue weighted by atomic mass is 16.6. The van der Waals surface area contributed by atoms with E-state index >= 15 is 0 Å². The number of carbonyl (C=O) groups excluding carboxylic acids is 2. The molecule has 0 fully saturated rings. The number of hydrogen-bond donors (Lipinski definition) is 1. The molecule has 4 rings (SSSR count). The lowest BCUT2D eigenvalue weighted by Crippen LogP contribution is -2.40. The molecule has 43 heavy (non-hydrogen) atoms. The van der Waals surface area contributed by atoms with Crippen LogP contribution in [-0.4, -0.2) is 89.8 Å². The maximum Gasteiger partial charge on any atom is 0.343 e. The van der Waals surface area contributed by atoms with Crippen molar-refractivity contribution in [2.24, 2.45) is 0 Å². The van der Waals surface area contributed by atoms with E-state index in [0.29, 0.717) is 62.7 Å². The van der Waals surface area contributed by atoms with Crippen molar-refractivity contribution in [2.45, 2.75) is 39.8 Å². The summed E-state index contributed by atoms with van der Waals surface area (Å²) in [6.07, 6.45) is 1.33. The number of rotatable bonds is 16. The van der Waals surface area contributed by atoms with Crippen LogP contribution in [-0.2, 0) is 38.6 Å². The highest BCUT2D eigenvalue weighted by Gasteiger charge is 2.20. The van der Waals surface area contributed by atoms with Crippen LogP contribution in [0.1, 0.15) is 31.7 Å². The van der Waals surface area contributed by atoms with Gasteiger partial charge in [-0.3, -0.25) is 9.69 Å². The zero-order valence-corrected chi connectivity index (χ0v) is 25.5. The van der Waals surface area contributed by atoms with E-state index in [2.05, 4.69) is 33.0 Å². The SMILES string of the molecule is CCN(CC)CC(=O)N(CCCn1c(CCOC)nc2c(N)nc3ccccc3c21)Cc1cccc(OCC(=O)OC)c1. The molecule has 0 saturated heterocycles. The van der Waals surface area contributed by atoms with Gasteiger partial charge in [0.2, 0.25) is 5.91 Å². The highest BCUT2D eigenvalue weighted by Crippen LogP contribution is 2.29. The van der Waals surface area contributed by atoms with Crippen molar-refractivity contribution in [1.29, 1.82) is 0 Å². The number of nitrogen functional groups attached to an aromatic ring is 1. The van der Waals surface area contributed by atoms with E-state index < -0.39 is 5.97 Å². The lowest BCUT2D eigenvalue weighted by molar-refractivity contribution is -0.142. The zero-order chi connectivity index (χ0) is 30.8. The number of anilines is 1. The molecule has 2 aromatic heterocycles. The van der Waals surface area contributed by atoms with Gasteiger partial charge in [0.15, 0.2) is 12.4 Å². The number of nitrogens with zero attached hydrogens (tertiary/aromatic N) is 5. The molecule has 0 radical (unpaired) electrons. The Balaban J connectivity index is 1.59. The summed E-state index contributed by atoms with van der Waals surface area (Å²) in [4.78, 5) is 38.6. The van der Waals surface area contributed by atoms with Gasteiger partial charge in [-0.2, -0.15) is 0 Å². The average molecular weight is 591 g/mol. The van der Waals surface area contributed by atoms with Crippen molar-refractivity contribution in [1.82, 2.24) is 24.3 Å². The van der Waals surface area contributed by atoms with E-state index in [1.54, 1.807) is 13.2 Å². The summed E-state index contributed by atoms with van der Waals surface area (Å²) >= 11 is 0. The van der Waals surface area contributed by atoms with Crippen molar-refractivity contribution in [2.75, 3.05) is 59.3 Å². The van der Waals surface area contributed by atoms with Gasteiger partial charge in [0.05, 0.1) is 31.3 Å². The molecule has 11 heteroatoms. The van der Waals surface area contributed by atoms with E-state index in [-0.39, 0.29) is 12.5 Å². The van der Waals surface area contributed by atoms with Crippen LogP contribution in [0.4, 0.5) is 5.82 Å². The van der Waals surface area contributed by atoms with Crippen LogP contribution in [0.5, 0.6) is 5.75 Å². The fourth-order valence-electron chi connectivity index (χ4n) is 5.14. The van der Waals surface area contributed by atoms with Crippen molar-refractivity contribution in [3.8, 4) is 5.75 Å². The Kier molecular flexibility index (Phi) is 11.3. The molecule has 11 nitrogen and oxygen atoms in total. The Morgan fingerprint density at radius 3 is 2.56 bits per heavy atom. The molecule has 2 aromatic carbocycles. The second kappa shape index (κ2) is 15.3. The van der Waals surface area contributed by atoms with Gasteiger partial charge >= 0.3 is 5.97 Å². The number of benzene rings is 2. The number of para-hydroxylation sites is 1. The first-order valence-corrected chi connectivity index (χ1v) is 14.7. The van der Waals surface area contributed by atoms with Crippen LogP contribution in [0.2, 0.25) is 0 Å². The van der Waals surface area contributed by atoms with Gasteiger partial charge < -0.3 is 29.4 Å². The molecule has 4 aromatic rings. The molecule has 0 saturated carbocycles. The number of aromatic nitrogens is 3. The van der Waals surface area contributed by atoms with E-state index in [0.717, 1.165) is 40.9 Å². The number of nitrogens with two attached hydrogens (primary N) is 1. The van der Waals surface area contributed by atoms with Crippen LogP contribution in [0.15, 0.2) is 48.5 Å². The molecule has 0 aliphatic carbocycles. The molecular formula is C32H42N6O5. The summed E-state index contributed by atoms with van der Waals surface area (Å²) in [5.41, 5.74) is 9.72. The second-order valence-corrected chi connectivity index (χ2v) is 10.3. The maximum absolute atomic E-state index is 13.6. The number of esters is 1. The summed E-state index contributed by atoms with van der Waals surface area (Å²) in [5.74, 6) is 1.42. The molecule has 2 N–H and O–H groups in total. The third-order valence-electron chi connectivity index (χ3n) is 7.49. The van der Waals surface area contributed by atoms with Gasteiger partial charge in [-0.05, 0) is 43.3 Å². The first kappa shape index (κ1) is 31.7. The lowest BCUT2D eigenvalue weighted by Gasteiger charge is -2.27. The number of imidazole rings is 1. The van der Waals surface area contributed by atoms with Gasteiger partial charge in [-0.1, -0.05) is 44.2 Å². The molecular weight excluding hydrogens is 548 g/mol. The van der Waals surface area contributed by atoms with Gasteiger partial charge in [0, 0.05) is 38.6 Å². The van der Waals surface area contributed by atoms with Crippen molar-refractivity contribution in [3.63, 3.8) is 0 Å². The number of carbonyl (C=O) groups is 2. The number of aryl methyl sites for hydroxylation is 1. The first-order chi connectivity index (χ1) is 20.9. The van der Waals surface area contributed by atoms with Crippen molar-refractivity contribution < 1.29 is 23.8 Å². The first-order valence-electron chi connectivity index (χ1n) is 14.7. The minimum atomic E-state index is -0.455. The Bertz CT molecular complexity index is 1530. The number of ether oxygens (including phenoxy) is 3. The molecule has 0 atom stereocenters. The quantitative estimate of drug-likeness (QED) is 0.195. The van der Waals surface area contributed by atoms with E-state index in [4.69, 9.17) is 20.2 Å². The van der Waals surface area contributed by atoms with E-state index in [1.807, 2.05) is 47.4 Å². The van der Waals surface area contributed by atoms with Gasteiger partial charge in [0.25, 0.3) is 0 Å². The third-order valence-corrected chi connectivity index (χ3v) is 7.49. The Morgan fingerprint density at radius 2 is 1.81 bits per heavy atom. The fraction of sp³-hybridized carbons (Fsp3) is 0.438. The Morgan fingerprint density at radius 1 is 1.02 bits per heavy atom. The summed E-state index contributed by atoms with van der Waals surface area (Å²) < 4.78 is 17.8. The van der Waals surface area contributed by atoms with Crippen LogP contribution < -0.4 is 10.5 Å². The number of fused-ring (bicyclic) bond motifs is 3. The van der Waals surface area contributed by atoms with Gasteiger partial charge in [-0.25, -0.2) is 14.8 Å². The average Bonchev–Trinajstić information content (AvgIpc) is 3.40. The van der Waals surface area contributed by atoms with Crippen molar-refractivity contribution in [3.05, 3.63) is 59.9 Å². The van der Waals surface area contributed by atoms with E-state index in [1.165, 1.54) is 7.11 Å². The molecule has 1 amide bonds. The molecule has 230 valence electrons. The molecule has 0 bridgehead atoms. The molecule has 0 unspecified atom stereocenters. The smallest absolute Gasteiger partial charge is 0.343 e. The van der Waals surface area contributed by atoms with Crippen LogP contribution >= 0.6 is 0 Å². The summed E-state index contributed by atoms with van der Waals surface area (Å²) in [7, 11) is 3.00.